The van der Waals surface area contributed by atoms with E-state index in [9.17, 15) is 19.2 Å². The Balaban J connectivity index is 1.63. The summed E-state index contributed by atoms with van der Waals surface area (Å²) in [6, 6.07) is 26.0. The van der Waals surface area contributed by atoms with Gasteiger partial charge in [0.25, 0.3) is 5.56 Å². The fraction of sp³-hybridized carbons (Fsp3) is 0.158. The Kier molecular flexibility index (Phi) is 10.7. The molecule has 0 bridgehead atoms. The first kappa shape index (κ1) is 35.9. The molecule has 6 aromatic rings. The van der Waals surface area contributed by atoms with Crippen molar-refractivity contribution in [3.63, 3.8) is 0 Å². The van der Waals surface area contributed by atoms with Crippen LogP contribution in [0.25, 0.3) is 26.3 Å². The number of hydrogen-bond donors (Lipinski definition) is 2. The molecule has 0 aliphatic heterocycles. The van der Waals surface area contributed by atoms with Crippen molar-refractivity contribution in [3.05, 3.63) is 152 Å². The van der Waals surface area contributed by atoms with Gasteiger partial charge in [0.15, 0.2) is 0 Å². The first-order valence-corrected chi connectivity index (χ1v) is 16.8. The van der Waals surface area contributed by atoms with Gasteiger partial charge in [-0.25, -0.2) is 33.2 Å². The fourth-order valence-corrected chi connectivity index (χ4v) is 7.35. The Bertz CT molecular complexity index is 2340. The Morgan fingerprint density at radius 1 is 0.846 bits per heavy atom. The number of carbonyl (C=O) groups excluding carboxylic acids is 2. The predicted molar refractivity (Wildman–Crippen MR) is 194 cm³/mol. The third-order valence-corrected chi connectivity index (χ3v) is 9.76. The molecule has 0 fully saturated rings. The number of halogens is 2. The highest BCUT2D eigenvalue weighted by Crippen LogP contribution is 2.39. The van der Waals surface area contributed by atoms with Crippen molar-refractivity contribution in [2.75, 3.05) is 26.6 Å². The molecule has 2 heterocycles. The van der Waals surface area contributed by atoms with E-state index >= 15 is 8.78 Å². The SMILES string of the molecule is CONC(=O)Nc1ccc(-c2sc3c(c2CN(C)C(C(=O)OC)c2ccccc2)c(=O)n(-c2ccccc2)c(=O)n3Cc2c(F)cccc2F)cc1. The topological polar surface area (TPSA) is 124 Å². The van der Waals surface area contributed by atoms with Gasteiger partial charge < -0.3 is 10.1 Å². The van der Waals surface area contributed by atoms with Crippen molar-refractivity contribution in [2.45, 2.75) is 19.1 Å². The molecule has 0 saturated heterocycles. The van der Waals surface area contributed by atoms with Crippen LogP contribution in [0.15, 0.2) is 113 Å². The summed E-state index contributed by atoms with van der Waals surface area (Å²) >= 11 is 1.10. The van der Waals surface area contributed by atoms with Gasteiger partial charge in [-0.1, -0.05) is 66.7 Å². The second-order valence-corrected chi connectivity index (χ2v) is 12.7. The molecule has 52 heavy (non-hydrogen) atoms. The van der Waals surface area contributed by atoms with Crippen molar-refractivity contribution in [2.24, 2.45) is 0 Å². The van der Waals surface area contributed by atoms with Crippen molar-refractivity contribution >= 4 is 39.2 Å². The molecule has 2 amide bonds. The highest BCUT2D eigenvalue weighted by molar-refractivity contribution is 7.22. The van der Waals surface area contributed by atoms with Gasteiger partial charge in [0.05, 0.1) is 31.8 Å². The van der Waals surface area contributed by atoms with Crippen LogP contribution in [0.4, 0.5) is 19.3 Å². The van der Waals surface area contributed by atoms with Crippen molar-refractivity contribution < 1.29 is 27.9 Å². The Hall–Kier alpha value is -5.96. The first-order valence-electron chi connectivity index (χ1n) is 16.0. The molecule has 2 N–H and O–H groups in total. The van der Waals surface area contributed by atoms with Gasteiger partial charge in [0, 0.05) is 22.7 Å². The van der Waals surface area contributed by atoms with Crippen molar-refractivity contribution in [3.8, 4) is 16.1 Å². The molecule has 14 heteroatoms. The van der Waals surface area contributed by atoms with Crippen LogP contribution in [0.3, 0.4) is 0 Å². The van der Waals surface area contributed by atoms with Crippen LogP contribution in [0.2, 0.25) is 0 Å². The summed E-state index contributed by atoms with van der Waals surface area (Å²) < 4.78 is 37.6. The van der Waals surface area contributed by atoms with Gasteiger partial charge >= 0.3 is 17.7 Å². The first-order chi connectivity index (χ1) is 25.1. The normalized spacial score (nSPS) is 11.8. The number of thiophene rings is 1. The third kappa shape index (κ3) is 7.12. The van der Waals surface area contributed by atoms with Crippen LogP contribution >= 0.6 is 11.3 Å². The minimum Gasteiger partial charge on any atom is -0.468 e. The number of fused-ring (bicyclic) bond motifs is 1. The molecule has 0 radical (unpaired) electrons. The number of amides is 2. The van der Waals surface area contributed by atoms with Gasteiger partial charge in [-0.15, -0.1) is 11.3 Å². The largest absolute Gasteiger partial charge is 0.468 e. The number of nitrogens with zero attached hydrogens (tertiary/aromatic N) is 3. The minimum absolute atomic E-state index is 0.0104. The highest BCUT2D eigenvalue weighted by atomic mass is 32.1. The molecule has 1 unspecified atom stereocenters. The van der Waals surface area contributed by atoms with Gasteiger partial charge in [0.2, 0.25) is 0 Å². The maximum absolute atomic E-state index is 15.1. The van der Waals surface area contributed by atoms with E-state index in [1.165, 1.54) is 24.9 Å². The Morgan fingerprint density at radius 2 is 1.48 bits per heavy atom. The summed E-state index contributed by atoms with van der Waals surface area (Å²) in [5, 5.41) is 2.77. The lowest BCUT2D eigenvalue weighted by atomic mass is 10.0. The molecule has 266 valence electrons. The Morgan fingerprint density at radius 3 is 2.10 bits per heavy atom. The average molecular weight is 726 g/mol. The van der Waals surface area contributed by atoms with Crippen LogP contribution < -0.4 is 22.0 Å². The van der Waals surface area contributed by atoms with E-state index in [2.05, 4.69) is 15.6 Å². The van der Waals surface area contributed by atoms with E-state index in [1.54, 1.807) is 90.8 Å². The quantitative estimate of drug-likeness (QED) is 0.120. The lowest BCUT2D eigenvalue weighted by molar-refractivity contribution is -0.147. The van der Waals surface area contributed by atoms with Crippen LogP contribution in [-0.2, 0) is 27.5 Å². The van der Waals surface area contributed by atoms with Gasteiger partial charge in [-0.05, 0) is 60.1 Å². The number of esters is 1. The maximum Gasteiger partial charge on any atom is 0.343 e. The van der Waals surface area contributed by atoms with Gasteiger partial charge in [-0.3, -0.25) is 19.1 Å². The molecule has 2 aromatic heterocycles. The predicted octanol–water partition coefficient (Wildman–Crippen LogP) is 6.24. The molecular weight excluding hydrogens is 693 g/mol. The van der Waals surface area contributed by atoms with E-state index in [0.717, 1.165) is 28.0 Å². The van der Waals surface area contributed by atoms with E-state index in [0.29, 0.717) is 27.3 Å². The number of rotatable bonds is 11. The molecule has 6 rings (SSSR count). The zero-order valence-electron chi connectivity index (χ0n) is 28.3. The van der Waals surface area contributed by atoms with Crippen LogP contribution in [0.1, 0.15) is 22.7 Å². The van der Waals surface area contributed by atoms with Gasteiger partial charge in [0.1, 0.15) is 22.5 Å². The monoisotopic (exact) mass is 725 g/mol. The molecule has 0 saturated carbocycles. The second kappa shape index (κ2) is 15.5. The summed E-state index contributed by atoms with van der Waals surface area (Å²) in [4.78, 5) is 61.4. The number of carbonyl (C=O) groups is 2. The number of aromatic nitrogens is 2. The number of hydrogen-bond acceptors (Lipinski definition) is 8. The molecule has 0 aliphatic carbocycles. The van der Waals surface area contributed by atoms with Gasteiger partial charge in [-0.2, -0.15) is 0 Å². The summed E-state index contributed by atoms with van der Waals surface area (Å²) in [6.45, 7) is -0.501. The molecule has 1 atom stereocenters. The standard InChI is InChI=1S/C38H33F2N5O6S/c1-43(32(36(47)50-2)23-11-6-4-7-12-23)21-28-31-34(46)45(26-13-8-5-9-14-26)38(49)44(22-27-29(39)15-10-16-30(27)40)35(31)52-33(28)24-17-19-25(20-18-24)41-37(48)42-51-3/h4-20,32H,21-22H2,1-3H3,(H2,41,42,48). The minimum atomic E-state index is -0.880. The third-order valence-electron chi connectivity index (χ3n) is 8.45. The van der Waals surface area contributed by atoms with Crippen molar-refractivity contribution in [1.29, 1.82) is 0 Å². The number of hydroxylamine groups is 1. The number of urea groups is 1. The average Bonchev–Trinajstić information content (AvgIpc) is 3.51. The summed E-state index contributed by atoms with van der Waals surface area (Å²) in [6.07, 6.45) is 0. The highest BCUT2D eigenvalue weighted by Gasteiger charge is 2.30. The zero-order chi connectivity index (χ0) is 36.9. The summed E-state index contributed by atoms with van der Waals surface area (Å²) in [5.74, 6) is -2.23. The van der Waals surface area contributed by atoms with E-state index < -0.39 is 47.5 Å². The van der Waals surface area contributed by atoms with Crippen LogP contribution in [0.5, 0.6) is 0 Å². The maximum atomic E-state index is 15.1. The summed E-state index contributed by atoms with van der Waals surface area (Å²) in [5.41, 5.74) is 2.80. The van der Waals surface area contributed by atoms with Crippen LogP contribution in [0, 0.1) is 11.6 Å². The molecule has 0 aliphatic rings. The fourth-order valence-electron chi connectivity index (χ4n) is 6.05. The number of likely N-dealkylation sites (N-methyl/N-ethyl adjacent to an activating group) is 1. The molecular formula is C38H33F2N5O6S. The smallest absolute Gasteiger partial charge is 0.343 e. The second-order valence-electron chi connectivity index (χ2n) is 11.7. The molecule has 4 aromatic carbocycles. The lowest BCUT2D eigenvalue weighted by Gasteiger charge is -2.26. The van der Waals surface area contributed by atoms with E-state index in [1.807, 2.05) is 6.07 Å². The lowest BCUT2D eigenvalue weighted by Crippen LogP contribution is -2.39. The van der Waals surface area contributed by atoms with Crippen molar-refractivity contribution in [1.82, 2.24) is 19.5 Å². The Labute approximate surface area is 300 Å². The van der Waals surface area contributed by atoms with E-state index in [-0.39, 0.29) is 28.0 Å². The molecule has 11 nitrogen and oxygen atoms in total. The number of nitrogens with one attached hydrogen (secondary N) is 2. The number of methoxy groups -OCH3 is 1. The number of benzene rings is 4. The summed E-state index contributed by atoms with van der Waals surface area (Å²) in [7, 11) is 4.31. The molecule has 0 spiro atoms. The number of para-hydroxylation sites is 1. The zero-order valence-corrected chi connectivity index (χ0v) is 29.1. The number of ether oxygens (including phenoxy) is 1. The van der Waals surface area contributed by atoms with Crippen LogP contribution in [-0.4, -0.2) is 47.3 Å². The number of anilines is 1. The van der Waals surface area contributed by atoms with E-state index in [4.69, 9.17) is 4.74 Å².